The summed E-state index contributed by atoms with van der Waals surface area (Å²) >= 11 is 0. The minimum Gasteiger partial charge on any atom is -0.358 e. The van der Waals surface area contributed by atoms with Gasteiger partial charge in [-0.2, -0.15) is 0 Å². The smallest absolute Gasteiger partial charge is 0.358 e. The first-order valence-corrected chi connectivity index (χ1v) is 15.0. The molecule has 0 spiro atoms. The van der Waals surface area contributed by atoms with E-state index in [1.165, 1.54) is 25.7 Å². The van der Waals surface area contributed by atoms with Gasteiger partial charge in [0.05, 0.1) is 8.07 Å². The summed E-state index contributed by atoms with van der Waals surface area (Å²) in [5.74, 6) is 8.44. The fourth-order valence-corrected chi connectivity index (χ4v) is 16.2. The zero-order valence-electron chi connectivity index (χ0n) is 22.4. The SMILES string of the molecule is CC1CCCC2C1CC(C)C2[Si](C)(C)C1C(C)CC2C(C)CCCC21.[CH3-].[CH3-].[CH3-].[CH3-].[Hf+4]. The van der Waals surface area contributed by atoms with Crippen molar-refractivity contribution in [1.82, 2.24) is 0 Å². The molecule has 0 heterocycles. The Bertz CT molecular complexity index is 447. The van der Waals surface area contributed by atoms with E-state index in [-0.39, 0.29) is 55.5 Å². The molecule has 176 valence electrons. The van der Waals surface area contributed by atoms with Gasteiger partial charge in [0.1, 0.15) is 0 Å². The summed E-state index contributed by atoms with van der Waals surface area (Å²) < 4.78 is 0. The molecule has 30 heavy (non-hydrogen) atoms. The fraction of sp³-hybridized carbons (Fsp3) is 0.857. The van der Waals surface area contributed by atoms with Gasteiger partial charge in [0.2, 0.25) is 0 Å². The van der Waals surface area contributed by atoms with Crippen molar-refractivity contribution in [2.24, 2.45) is 47.3 Å². The van der Waals surface area contributed by atoms with Crippen LogP contribution in [0.4, 0.5) is 0 Å². The molecule has 0 nitrogen and oxygen atoms in total. The first-order chi connectivity index (χ1) is 11.8. The summed E-state index contributed by atoms with van der Waals surface area (Å²) in [5, 5.41) is 0. The maximum atomic E-state index is 2.86. The molecule has 4 fully saturated rings. The van der Waals surface area contributed by atoms with Crippen LogP contribution in [0.5, 0.6) is 0 Å². The molecule has 4 rings (SSSR count). The van der Waals surface area contributed by atoms with Crippen LogP contribution in [0.15, 0.2) is 0 Å². The van der Waals surface area contributed by atoms with Crippen molar-refractivity contribution in [2.75, 3.05) is 0 Å². The molecule has 2 heteroatoms. The summed E-state index contributed by atoms with van der Waals surface area (Å²) in [6, 6.07) is 0. The predicted molar refractivity (Wildman–Crippen MR) is 138 cm³/mol. The van der Waals surface area contributed by atoms with E-state index in [9.17, 15) is 0 Å². The average Bonchev–Trinajstić information content (AvgIpc) is 3.06. The second-order valence-corrected chi connectivity index (χ2v) is 16.7. The molecule has 0 N–H and O–H groups in total. The molecule has 10 atom stereocenters. The third-order valence-corrected chi connectivity index (χ3v) is 15.5. The second kappa shape index (κ2) is 12.5. The van der Waals surface area contributed by atoms with Gasteiger partial charge in [0.15, 0.2) is 0 Å². The van der Waals surface area contributed by atoms with Crippen LogP contribution >= 0.6 is 0 Å². The maximum Gasteiger partial charge on any atom is 4.00 e. The van der Waals surface area contributed by atoms with Gasteiger partial charge in [-0.15, -0.1) is 0 Å². The molecular weight excluding hydrogens is 543 g/mol. The molecule has 0 aromatic heterocycles. The van der Waals surface area contributed by atoms with Gasteiger partial charge in [0.25, 0.3) is 0 Å². The van der Waals surface area contributed by atoms with Gasteiger partial charge in [-0.05, 0) is 71.3 Å². The van der Waals surface area contributed by atoms with Crippen LogP contribution in [-0.4, -0.2) is 8.07 Å². The Kier molecular flexibility index (Phi) is 13.9. The van der Waals surface area contributed by atoms with Crippen LogP contribution in [0.2, 0.25) is 24.2 Å². The van der Waals surface area contributed by atoms with E-state index >= 15 is 0 Å². The fourth-order valence-electron chi connectivity index (χ4n) is 9.55. The Hall–Kier alpha value is 1.09. The summed E-state index contributed by atoms with van der Waals surface area (Å²) in [7, 11) is -1.24. The van der Waals surface area contributed by atoms with Crippen LogP contribution in [-0.2, 0) is 25.8 Å². The molecule has 0 saturated heterocycles. The normalized spacial score (nSPS) is 44.6. The third kappa shape index (κ3) is 5.42. The molecule has 0 aliphatic heterocycles. The predicted octanol–water partition coefficient (Wildman–Crippen LogP) is 9.42. The second-order valence-electron chi connectivity index (χ2n) is 11.8. The summed E-state index contributed by atoms with van der Waals surface area (Å²) in [5.41, 5.74) is 2.26. The number of hydrogen-bond acceptors (Lipinski definition) is 0. The van der Waals surface area contributed by atoms with E-state index in [1.54, 1.807) is 25.7 Å². The van der Waals surface area contributed by atoms with E-state index in [4.69, 9.17) is 0 Å². The topological polar surface area (TPSA) is 0 Å². The minimum absolute atomic E-state index is 0. The van der Waals surface area contributed by atoms with Gasteiger partial charge in [-0.1, -0.05) is 79.3 Å². The van der Waals surface area contributed by atoms with Crippen LogP contribution in [0, 0.1) is 77.0 Å². The number of rotatable bonds is 2. The van der Waals surface area contributed by atoms with Crippen molar-refractivity contribution in [3.63, 3.8) is 0 Å². The molecule has 0 aromatic rings. The van der Waals surface area contributed by atoms with Crippen molar-refractivity contribution in [1.29, 1.82) is 0 Å². The first-order valence-electron chi connectivity index (χ1n) is 11.8. The zero-order valence-corrected chi connectivity index (χ0v) is 27.0. The quantitative estimate of drug-likeness (QED) is 0.219. The molecule has 4 aliphatic rings. The average molecular weight is 599 g/mol. The molecule has 0 radical (unpaired) electrons. The first kappa shape index (κ1) is 33.3. The van der Waals surface area contributed by atoms with Crippen LogP contribution in [0.25, 0.3) is 0 Å². The molecular formula is C28H56HfSi. The number of fused-ring (bicyclic) bond motifs is 2. The van der Waals surface area contributed by atoms with Crippen LogP contribution in [0.1, 0.15) is 79.1 Å². The van der Waals surface area contributed by atoms with Crippen LogP contribution in [0.3, 0.4) is 0 Å². The van der Waals surface area contributed by atoms with E-state index in [1.807, 2.05) is 0 Å². The summed E-state index contributed by atoms with van der Waals surface area (Å²) in [6.07, 6.45) is 12.4. The van der Waals surface area contributed by atoms with E-state index in [0.717, 1.165) is 58.4 Å². The van der Waals surface area contributed by atoms with E-state index < -0.39 is 8.07 Å². The van der Waals surface area contributed by atoms with Gasteiger partial charge in [-0.25, -0.2) is 0 Å². The van der Waals surface area contributed by atoms with E-state index in [2.05, 4.69) is 40.8 Å². The third-order valence-electron chi connectivity index (χ3n) is 10.1. The Labute approximate surface area is 213 Å². The van der Waals surface area contributed by atoms with Crippen molar-refractivity contribution >= 4 is 8.07 Å². The molecule has 10 unspecified atom stereocenters. The monoisotopic (exact) mass is 600 g/mol. The molecule has 0 amide bonds. The Morgan fingerprint density at radius 2 is 0.833 bits per heavy atom. The minimum atomic E-state index is -1.24. The molecule has 4 saturated carbocycles. The van der Waals surface area contributed by atoms with Gasteiger partial charge in [0, 0.05) is 0 Å². The van der Waals surface area contributed by atoms with Gasteiger partial charge in [-0.3, -0.25) is 0 Å². The molecule has 0 bridgehead atoms. The molecule has 4 aliphatic carbocycles. The van der Waals surface area contributed by atoms with Crippen molar-refractivity contribution in [3.05, 3.63) is 29.7 Å². The Morgan fingerprint density at radius 1 is 0.500 bits per heavy atom. The largest absolute Gasteiger partial charge is 4.00 e. The standard InChI is InChI=1S/C24H44Si.4CH3.Hf/c1-15-9-7-11-19-21(15)13-17(3)23(19)25(5,6)24-18(4)14-22-16(2)10-8-12-20(22)24;;;;;/h15-24H,7-14H2,1-6H3;4*1H3;/q;4*-1;+4. The van der Waals surface area contributed by atoms with Crippen molar-refractivity contribution < 1.29 is 25.8 Å². The van der Waals surface area contributed by atoms with Crippen LogP contribution < -0.4 is 0 Å². The van der Waals surface area contributed by atoms with E-state index in [0.29, 0.717) is 0 Å². The maximum absolute atomic E-state index is 2.86. The zero-order chi connectivity index (χ0) is 17.9. The summed E-state index contributed by atoms with van der Waals surface area (Å²) in [4.78, 5) is 0. The van der Waals surface area contributed by atoms with Crippen molar-refractivity contribution in [3.8, 4) is 0 Å². The Balaban J connectivity index is 0. The Morgan fingerprint density at radius 3 is 1.17 bits per heavy atom. The summed E-state index contributed by atoms with van der Waals surface area (Å²) in [6.45, 7) is 16.2. The number of hydrogen-bond donors (Lipinski definition) is 0. The van der Waals surface area contributed by atoms with Gasteiger partial charge >= 0.3 is 25.8 Å². The van der Waals surface area contributed by atoms with Crippen molar-refractivity contribution in [2.45, 2.75) is 103 Å². The molecule has 0 aromatic carbocycles. The van der Waals surface area contributed by atoms with Gasteiger partial charge < -0.3 is 29.7 Å².